The second-order valence-electron chi connectivity index (χ2n) is 4.77. The van der Waals surface area contributed by atoms with Crippen LogP contribution in [0, 0.1) is 6.92 Å². The van der Waals surface area contributed by atoms with E-state index < -0.39 is 22.0 Å². The zero-order valence-corrected chi connectivity index (χ0v) is 12.6. The lowest BCUT2D eigenvalue weighted by Crippen LogP contribution is -2.30. The largest absolute Gasteiger partial charge is 0.480 e. The van der Waals surface area contributed by atoms with Crippen LogP contribution in [0.15, 0.2) is 42.7 Å². The van der Waals surface area contributed by atoms with E-state index in [0.717, 1.165) is 11.4 Å². The number of aliphatic carboxylic acids is 1. The molecule has 21 heavy (non-hydrogen) atoms. The number of hydrogen-bond donors (Lipinski definition) is 1. The van der Waals surface area contributed by atoms with Gasteiger partial charge in [0.25, 0.3) is 0 Å². The van der Waals surface area contributed by atoms with Gasteiger partial charge in [0.1, 0.15) is 11.1 Å². The van der Waals surface area contributed by atoms with Gasteiger partial charge in [0.2, 0.25) is 0 Å². The Bertz CT molecular complexity index is 625. The molecule has 1 aromatic heterocycles. The van der Waals surface area contributed by atoms with Crippen molar-refractivity contribution in [2.24, 2.45) is 0 Å². The highest BCUT2D eigenvalue weighted by Gasteiger charge is 2.24. The SMILES string of the molecule is Cc1nccn1CCS(=O)C(Cc1ccccc1)C(=O)O. The Morgan fingerprint density at radius 1 is 1.38 bits per heavy atom. The van der Waals surface area contributed by atoms with E-state index in [9.17, 15) is 14.1 Å². The summed E-state index contributed by atoms with van der Waals surface area (Å²) in [6.45, 7) is 2.37. The summed E-state index contributed by atoms with van der Waals surface area (Å²) in [5, 5.41) is 8.43. The monoisotopic (exact) mass is 306 g/mol. The fourth-order valence-electron chi connectivity index (χ4n) is 2.09. The molecule has 0 fully saturated rings. The van der Waals surface area contributed by atoms with Gasteiger partial charge in [-0.2, -0.15) is 0 Å². The number of carboxylic acids is 1. The molecule has 0 aliphatic carbocycles. The van der Waals surface area contributed by atoms with Crippen molar-refractivity contribution in [3.05, 3.63) is 54.1 Å². The molecule has 1 aromatic carbocycles. The van der Waals surface area contributed by atoms with Crippen molar-refractivity contribution in [2.45, 2.75) is 25.1 Å². The molecule has 0 aliphatic rings. The Morgan fingerprint density at radius 3 is 2.67 bits per heavy atom. The van der Waals surface area contributed by atoms with Crippen LogP contribution in [0.1, 0.15) is 11.4 Å². The van der Waals surface area contributed by atoms with Crippen LogP contribution >= 0.6 is 0 Å². The van der Waals surface area contributed by atoms with Gasteiger partial charge >= 0.3 is 5.97 Å². The van der Waals surface area contributed by atoms with E-state index in [-0.39, 0.29) is 6.42 Å². The minimum Gasteiger partial charge on any atom is -0.480 e. The van der Waals surface area contributed by atoms with Gasteiger partial charge in [0, 0.05) is 35.5 Å². The van der Waals surface area contributed by atoms with Crippen LogP contribution in [-0.4, -0.2) is 35.8 Å². The molecule has 5 nitrogen and oxygen atoms in total. The topological polar surface area (TPSA) is 72.2 Å². The van der Waals surface area contributed by atoms with Crippen LogP contribution in [0.2, 0.25) is 0 Å². The number of aryl methyl sites for hydroxylation is 2. The lowest BCUT2D eigenvalue weighted by molar-refractivity contribution is -0.136. The molecule has 112 valence electrons. The van der Waals surface area contributed by atoms with Gasteiger partial charge in [-0.25, -0.2) is 4.98 Å². The van der Waals surface area contributed by atoms with Crippen molar-refractivity contribution in [2.75, 3.05) is 5.75 Å². The van der Waals surface area contributed by atoms with Gasteiger partial charge in [-0.3, -0.25) is 9.00 Å². The van der Waals surface area contributed by atoms with Gasteiger partial charge < -0.3 is 9.67 Å². The fourth-order valence-corrected chi connectivity index (χ4v) is 3.36. The summed E-state index contributed by atoms with van der Waals surface area (Å²) < 4.78 is 14.2. The molecule has 0 bridgehead atoms. The Labute approximate surface area is 126 Å². The fraction of sp³-hybridized carbons (Fsp3) is 0.333. The van der Waals surface area contributed by atoms with E-state index in [1.807, 2.05) is 41.8 Å². The van der Waals surface area contributed by atoms with Crippen molar-refractivity contribution in [1.29, 1.82) is 0 Å². The maximum Gasteiger partial charge on any atom is 0.319 e. The Morgan fingerprint density at radius 2 is 2.10 bits per heavy atom. The summed E-state index contributed by atoms with van der Waals surface area (Å²) in [5.74, 6) is 0.127. The maximum atomic E-state index is 12.3. The molecule has 0 amide bonds. The standard InChI is InChI=1S/C15H18N2O3S/c1-12-16-7-8-17(12)9-10-21(20)14(15(18)19)11-13-5-3-2-4-6-13/h2-8,14H,9-11H2,1H3,(H,18,19). The molecule has 1 N–H and O–H groups in total. The van der Waals surface area contributed by atoms with Crippen LogP contribution in [0.4, 0.5) is 0 Å². The predicted molar refractivity (Wildman–Crippen MR) is 81.5 cm³/mol. The number of hydrogen-bond acceptors (Lipinski definition) is 3. The molecule has 0 radical (unpaired) electrons. The number of carboxylic acid groups (broad SMARTS) is 1. The predicted octanol–water partition coefficient (Wildman–Crippen LogP) is 1.64. The zero-order valence-electron chi connectivity index (χ0n) is 11.8. The minimum absolute atomic E-state index is 0.283. The highest BCUT2D eigenvalue weighted by Crippen LogP contribution is 2.10. The molecule has 0 aliphatic heterocycles. The first-order valence-electron chi connectivity index (χ1n) is 6.69. The number of imidazole rings is 1. The first-order chi connectivity index (χ1) is 10.1. The molecule has 1 heterocycles. The molecule has 0 saturated heterocycles. The minimum atomic E-state index is -1.43. The molecular weight excluding hydrogens is 288 g/mol. The van der Waals surface area contributed by atoms with Crippen molar-refractivity contribution < 1.29 is 14.1 Å². The van der Waals surface area contributed by atoms with Crippen LogP contribution in [0.3, 0.4) is 0 Å². The zero-order chi connectivity index (χ0) is 15.2. The second kappa shape index (κ2) is 7.17. The van der Waals surface area contributed by atoms with Gasteiger partial charge in [0.05, 0.1) is 0 Å². The van der Waals surface area contributed by atoms with E-state index in [1.54, 1.807) is 12.4 Å². The Hall–Kier alpha value is -1.95. The summed E-state index contributed by atoms with van der Waals surface area (Å²) in [4.78, 5) is 15.5. The smallest absolute Gasteiger partial charge is 0.319 e. The van der Waals surface area contributed by atoms with Crippen molar-refractivity contribution >= 4 is 16.8 Å². The lowest BCUT2D eigenvalue weighted by Gasteiger charge is -2.13. The number of benzene rings is 1. The molecule has 2 atom stereocenters. The molecule has 2 aromatic rings. The average molecular weight is 306 g/mol. The van der Waals surface area contributed by atoms with Crippen LogP contribution in [0.25, 0.3) is 0 Å². The third-order valence-electron chi connectivity index (χ3n) is 3.31. The first-order valence-corrected chi connectivity index (χ1v) is 8.08. The molecule has 0 saturated carbocycles. The van der Waals surface area contributed by atoms with E-state index in [4.69, 9.17) is 0 Å². The maximum absolute atomic E-state index is 12.3. The number of carbonyl (C=O) groups is 1. The van der Waals surface area contributed by atoms with Gasteiger partial charge in [-0.05, 0) is 18.9 Å². The van der Waals surface area contributed by atoms with E-state index in [0.29, 0.717) is 12.3 Å². The number of nitrogens with zero attached hydrogens (tertiary/aromatic N) is 2. The number of aromatic nitrogens is 2. The highest BCUT2D eigenvalue weighted by atomic mass is 32.2. The van der Waals surface area contributed by atoms with Crippen LogP contribution in [-0.2, 0) is 28.6 Å². The highest BCUT2D eigenvalue weighted by molar-refractivity contribution is 7.86. The van der Waals surface area contributed by atoms with Crippen LogP contribution in [0.5, 0.6) is 0 Å². The molecule has 2 unspecified atom stereocenters. The molecule has 0 spiro atoms. The van der Waals surface area contributed by atoms with Gasteiger partial charge in [0.15, 0.2) is 0 Å². The summed E-state index contributed by atoms with van der Waals surface area (Å²) in [6.07, 6.45) is 3.77. The molecule has 2 rings (SSSR count). The van der Waals surface area contributed by atoms with E-state index in [1.165, 1.54) is 0 Å². The summed E-state index contributed by atoms with van der Waals surface area (Å²) in [7, 11) is -1.43. The van der Waals surface area contributed by atoms with E-state index in [2.05, 4.69) is 4.98 Å². The van der Waals surface area contributed by atoms with Gasteiger partial charge in [-0.15, -0.1) is 0 Å². The van der Waals surface area contributed by atoms with Crippen molar-refractivity contribution in [3.63, 3.8) is 0 Å². The van der Waals surface area contributed by atoms with E-state index >= 15 is 0 Å². The third-order valence-corrected chi connectivity index (χ3v) is 4.90. The third kappa shape index (κ3) is 4.26. The van der Waals surface area contributed by atoms with Crippen LogP contribution < -0.4 is 0 Å². The average Bonchev–Trinajstić information content (AvgIpc) is 2.88. The van der Waals surface area contributed by atoms with Gasteiger partial charge in [-0.1, -0.05) is 30.3 Å². The second-order valence-corrected chi connectivity index (χ2v) is 6.51. The van der Waals surface area contributed by atoms with Crippen molar-refractivity contribution in [3.8, 4) is 0 Å². The quantitative estimate of drug-likeness (QED) is 0.844. The Kier molecular flexibility index (Phi) is 5.27. The number of rotatable bonds is 7. The summed E-state index contributed by atoms with van der Waals surface area (Å²) in [6, 6.07) is 9.29. The first kappa shape index (κ1) is 15.4. The molecule has 6 heteroatoms. The summed E-state index contributed by atoms with van der Waals surface area (Å²) in [5.41, 5.74) is 0.886. The lowest BCUT2D eigenvalue weighted by atomic mass is 10.1. The Balaban J connectivity index is 1.99. The van der Waals surface area contributed by atoms with Crippen molar-refractivity contribution in [1.82, 2.24) is 9.55 Å². The summed E-state index contributed by atoms with van der Waals surface area (Å²) >= 11 is 0. The molecular formula is C15H18N2O3S. The normalized spacial score (nSPS) is 13.8.